The Morgan fingerprint density at radius 3 is 1.78 bits per heavy atom. The SMILES string of the molecule is CN(C)C=O.N.N#CS. The minimum Gasteiger partial charge on any atom is -0.351 e. The van der Waals surface area contributed by atoms with Crippen LogP contribution < -0.4 is 6.15 Å². The summed E-state index contributed by atoms with van der Waals surface area (Å²) in [7, 11) is 3.38. The van der Waals surface area contributed by atoms with Crippen LogP contribution >= 0.6 is 12.6 Å². The maximum absolute atomic E-state index is 9.43. The van der Waals surface area contributed by atoms with Crippen LogP contribution in [0, 0.1) is 10.7 Å². The Labute approximate surface area is 60.4 Å². The first-order chi connectivity index (χ1) is 3.68. The number of thiocyanates is 1. The van der Waals surface area contributed by atoms with Crippen LogP contribution in [0.4, 0.5) is 0 Å². The van der Waals surface area contributed by atoms with E-state index in [0.29, 0.717) is 0 Å². The van der Waals surface area contributed by atoms with Gasteiger partial charge < -0.3 is 11.1 Å². The summed E-state index contributed by atoms with van der Waals surface area (Å²) in [6.07, 6.45) is 0.750. The maximum Gasteiger partial charge on any atom is 0.209 e. The average molecular weight is 149 g/mol. The van der Waals surface area contributed by atoms with Crippen molar-refractivity contribution in [2.75, 3.05) is 14.1 Å². The second kappa shape index (κ2) is 15.7. The Kier molecular flexibility index (Phi) is 27.4. The van der Waals surface area contributed by atoms with E-state index in [2.05, 4.69) is 12.6 Å². The Hall–Kier alpha value is -0.730. The van der Waals surface area contributed by atoms with Crippen molar-refractivity contribution in [2.24, 2.45) is 0 Å². The Morgan fingerprint density at radius 2 is 1.78 bits per heavy atom. The van der Waals surface area contributed by atoms with Gasteiger partial charge in [0.1, 0.15) is 5.40 Å². The van der Waals surface area contributed by atoms with Gasteiger partial charge in [0.05, 0.1) is 0 Å². The van der Waals surface area contributed by atoms with Crippen molar-refractivity contribution in [3.05, 3.63) is 0 Å². The Bertz CT molecular complexity index is 88.3. The van der Waals surface area contributed by atoms with Gasteiger partial charge in [-0.05, 0) is 0 Å². The standard InChI is InChI=1S/C3H7NO.CHNS.H3N/c1-4(2)3-5;2-1-3;/h3H,1-2H3;3H;1H3. The van der Waals surface area contributed by atoms with Gasteiger partial charge in [-0.1, -0.05) is 12.6 Å². The van der Waals surface area contributed by atoms with Gasteiger partial charge in [0.2, 0.25) is 6.41 Å². The second-order valence-electron chi connectivity index (χ2n) is 1.17. The largest absolute Gasteiger partial charge is 0.351 e. The van der Waals surface area contributed by atoms with E-state index >= 15 is 0 Å². The summed E-state index contributed by atoms with van der Waals surface area (Å²) in [5.74, 6) is 0. The lowest BCUT2D eigenvalue weighted by molar-refractivity contribution is -0.115. The summed E-state index contributed by atoms with van der Waals surface area (Å²) in [5.41, 5.74) is 0. The molecule has 0 aliphatic heterocycles. The third-order valence-electron chi connectivity index (χ3n) is 0.211. The highest BCUT2D eigenvalue weighted by atomic mass is 32.1. The van der Waals surface area contributed by atoms with Gasteiger partial charge in [0, 0.05) is 14.1 Å². The molecule has 0 saturated carbocycles. The summed E-state index contributed by atoms with van der Waals surface area (Å²) < 4.78 is 0. The molecule has 0 fully saturated rings. The number of rotatable bonds is 1. The summed E-state index contributed by atoms with van der Waals surface area (Å²) in [5, 5.41) is 8.63. The Balaban J connectivity index is -0.0000000800. The highest BCUT2D eigenvalue weighted by Crippen LogP contribution is 1.52. The zero-order valence-corrected chi connectivity index (χ0v) is 6.43. The van der Waals surface area contributed by atoms with Crippen LogP contribution in [0.2, 0.25) is 0 Å². The van der Waals surface area contributed by atoms with Crippen LogP contribution in [0.25, 0.3) is 0 Å². The van der Waals surface area contributed by atoms with Gasteiger partial charge in [-0.2, -0.15) is 5.26 Å². The number of carbonyl (C=O) groups is 1. The first-order valence-electron chi connectivity index (χ1n) is 1.84. The van der Waals surface area contributed by atoms with Crippen LogP contribution in [0.5, 0.6) is 0 Å². The summed E-state index contributed by atoms with van der Waals surface area (Å²) in [6, 6.07) is 0. The number of nitrogens with zero attached hydrogens (tertiary/aromatic N) is 2. The van der Waals surface area contributed by atoms with Gasteiger partial charge in [0.15, 0.2) is 0 Å². The molecular weight excluding hydrogens is 138 g/mol. The van der Waals surface area contributed by atoms with Gasteiger partial charge in [-0.3, -0.25) is 4.79 Å². The highest BCUT2D eigenvalue weighted by Gasteiger charge is 1.68. The zero-order chi connectivity index (χ0) is 6.99. The zero-order valence-electron chi connectivity index (χ0n) is 5.53. The van der Waals surface area contributed by atoms with E-state index in [4.69, 9.17) is 5.26 Å². The number of carbonyl (C=O) groups excluding carboxylic acids is 1. The molecule has 5 heteroatoms. The van der Waals surface area contributed by atoms with Crippen molar-refractivity contribution >= 4 is 19.0 Å². The third-order valence-corrected chi connectivity index (χ3v) is 0.211. The minimum atomic E-state index is 0. The number of nitriles is 1. The van der Waals surface area contributed by atoms with E-state index in [9.17, 15) is 4.79 Å². The van der Waals surface area contributed by atoms with E-state index in [0.717, 1.165) is 6.41 Å². The van der Waals surface area contributed by atoms with Crippen molar-refractivity contribution in [1.82, 2.24) is 11.1 Å². The topological polar surface area (TPSA) is 79.1 Å². The lowest BCUT2D eigenvalue weighted by Crippen LogP contribution is -2.06. The molecule has 0 spiro atoms. The summed E-state index contributed by atoms with van der Waals surface area (Å²) >= 11 is 3.09. The monoisotopic (exact) mass is 149 g/mol. The fourth-order valence-corrected chi connectivity index (χ4v) is 0. The molecule has 0 aliphatic carbocycles. The number of hydrogen-bond donors (Lipinski definition) is 2. The average Bonchev–Trinajstić information content (AvgIpc) is 1.69. The van der Waals surface area contributed by atoms with Crippen molar-refractivity contribution in [1.29, 1.82) is 5.26 Å². The smallest absolute Gasteiger partial charge is 0.209 e. The second-order valence-corrected chi connectivity index (χ2v) is 1.37. The molecule has 0 aromatic heterocycles. The molecule has 54 valence electrons. The molecule has 0 unspecified atom stereocenters. The quantitative estimate of drug-likeness (QED) is 0.319. The Morgan fingerprint density at radius 1 is 1.67 bits per heavy atom. The van der Waals surface area contributed by atoms with Crippen molar-refractivity contribution in [3.63, 3.8) is 0 Å². The van der Waals surface area contributed by atoms with Crippen LogP contribution in [-0.4, -0.2) is 25.4 Å². The first-order valence-corrected chi connectivity index (χ1v) is 2.28. The number of amides is 1. The fraction of sp³-hybridized carbons (Fsp3) is 0.500. The van der Waals surface area contributed by atoms with Crippen molar-refractivity contribution in [2.45, 2.75) is 0 Å². The van der Waals surface area contributed by atoms with E-state index in [1.807, 2.05) is 0 Å². The van der Waals surface area contributed by atoms with Gasteiger partial charge in [-0.15, -0.1) is 0 Å². The molecule has 0 radical (unpaired) electrons. The third kappa shape index (κ3) is 125. The number of thiol groups is 1. The molecule has 4 nitrogen and oxygen atoms in total. The number of hydrogen-bond acceptors (Lipinski definition) is 4. The molecule has 0 saturated heterocycles. The van der Waals surface area contributed by atoms with Crippen LogP contribution in [0.15, 0.2) is 0 Å². The molecule has 1 amide bonds. The molecule has 3 N–H and O–H groups in total. The lowest BCUT2D eigenvalue weighted by atomic mass is 11.0. The van der Waals surface area contributed by atoms with Gasteiger partial charge >= 0.3 is 0 Å². The molecule has 0 heterocycles. The predicted octanol–water partition coefficient (Wildman–Crippen LogP) is 0.264. The van der Waals surface area contributed by atoms with Crippen LogP contribution in [0.3, 0.4) is 0 Å². The molecular formula is C4H11N3OS. The fourth-order valence-electron chi connectivity index (χ4n) is 0. The molecule has 0 aromatic carbocycles. The molecule has 0 aliphatic rings. The van der Waals surface area contributed by atoms with E-state index in [1.165, 1.54) is 10.3 Å². The van der Waals surface area contributed by atoms with Gasteiger partial charge in [0.25, 0.3) is 0 Å². The molecule has 0 aromatic rings. The summed E-state index contributed by atoms with van der Waals surface area (Å²) in [4.78, 5) is 10.9. The molecule has 0 atom stereocenters. The van der Waals surface area contributed by atoms with E-state index in [-0.39, 0.29) is 6.15 Å². The molecule has 0 rings (SSSR count). The van der Waals surface area contributed by atoms with E-state index in [1.54, 1.807) is 14.1 Å². The van der Waals surface area contributed by atoms with Gasteiger partial charge in [-0.25, -0.2) is 0 Å². The normalized spacial score (nSPS) is 4.67. The van der Waals surface area contributed by atoms with Crippen molar-refractivity contribution < 1.29 is 4.79 Å². The highest BCUT2D eigenvalue weighted by molar-refractivity contribution is 7.85. The maximum atomic E-state index is 9.43. The van der Waals surface area contributed by atoms with Crippen LogP contribution in [0.1, 0.15) is 0 Å². The lowest BCUT2D eigenvalue weighted by Gasteiger charge is -1.93. The molecule has 0 bridgehead atoms. The van der Waals surface area contributed by atoms with Crippen LogP contribution in [-0.2, 0) is 4.79 Å². The minimum absolute atomic E-state index is 0. The first kappa shape index (κ1) is 15.7. The van der Waals surface area contributed by atoms with E-state index < -0.39 is 0 Å². The molecule has 9 heavy (non-hydrogen) atoms. The summed E-state index contributed by atoms with van der Waals surface area (Å²) in [6.45, 7) is 0. The predicted molar refractivity (Wildman–Crippen MR) is 39.4 cm³/mol. The van der Waals surface area contributed by atoms with Crippen molar-refractivity contribution in [3.8, 4) is 5.40 Å².